The minimum Gasteiger partial charge on any atom is -0.376 e. The molecule has 0 amide bonds. The number of hydrogen-bond acceptors (Lipinski definition) is 2. The van der Waals surface area contributed by atoms with Crippen LogP contribution in [0.3, 0.4) is 0 Å². The van der Waals surface area contributed by atoms with Gasteiger partial charge in [-0.05, 0) is 65.6 Å². The van der Waals surface area contributed by atoms with Gasteiger partial charge >= 0.3 is 0 Å². The smallest absolute Gasteiger partial charge is 0.0598 e. The second-order valence-corrected chi connectivity index (χ2v) is 5.71. The predicted molar refractivity (Wildman–Crippen MR) is 65.2 cm³/mol. The van der Waals surface area contributed by atoms with Gasteiger partial charge in [-0.1, -0.05) is 6.92 Å². The largest absolute Gasteiger partial charge is 0.376 e. The summed E-state index contributed by atoms with van der Waals surface area (Å²) < 4.78 is 5.85. The number of rotatable bonds is 4. The van der Waals surface area contributed by atoms with Crippen LogP contribution in [0.25, 0.3) is 0 Å². The van der Waals surface area contributed by atoms with Gasteiger partial charge in [0, 0.05) is 0 Å². The number of piperidine rings is 1. The topological polar surface area (TPSA) is 12.5 Å². The first-order valence-electron chi connectivity index (χ1n) is 6.37. The lowest BCUT2D eigenvalue weighted by Crippen LogP contribution is -2.36. The van der Waals surface area contributed by atoms with Crippen molar-refractivity contribution in [1.82, 2.24) is 4.90 Å². The van der Waals surface area contributed by atoms with E-state index in [0.29, 0.717) is 0 Å². The average Bonchev–Trinajstić information content (AvgIpc) is 2.16. The van der Waals surface area contributed by atoms with E-state index in [1.807, 2.05) is 0 Å². The molecular formula is C13H27NO. The first-order chi connectivity index (χ1) is 7.01. The van der Waals surface area contributed by atoms with Crippen LogP contribution in [0.4, 0.5) is 0 Å². The van der Waals surface area contributed by atoms with E-state index in [-0.39, 0.29) is 5.60 Å². The summed E-state index contributed by atoms with van der Waals surface area (Å²) >= 11 is 0. The van der Waals surface area contributed by atoms with Crippen LogP contribution < -0.4 is 0 Å². The molecule has 2 heteroatoms. The summed E-state index contributed by atoms with van der Waals surface area (Å²) in [5.41, 5.74) is 0.0283. The fourth-order valence-electron chi connectivity index (χ4n) is 2.06. The fourth-order valence-corrected chi connectivity index (χ4v) is 2.06. The normalized spacial score (nSPS) is 20.8. The van der Waals surface area contributed by atoms with Crippen LogP contribution in [0.2, 0.25) is 0 Å². The summed E-state index contributed by atoms with van der Waals surface area (Å²) in [6.45, 7) is 13.4. The van der Waals surface area contributed by atoms with Gasteiger partial charge in [-0.2, -0.15) is 0 Å². The van der Waals surface area contributed by atoms with Crippen molar-refractivity contribution < 1.29 is 4.74 Å². The second kappa shape index (κ2) is 5.86. The zero-order valence-electron chi connectivity index (χ0n) is 10.9. The molecule has 0 aromatic heterocycles. The quantitative estimate of drug-likeness (QED) is 0.712. The van der Waals surface area contributed by atoms with Crippen molar-refractivity contribution in [3.05, 3.63) is 0 Å². The van der Waals surface area contributed by atoms with Gasteiger partial charge < -0.3 is 9.64 Å². The third-order valence-corrected chi connectivity index (χ3v) is 3.00. The molecule has 0 spiro atoms. The summed E-state index contributed by atoms with van der Waals surface area (Å²) in [5, 5.41) is 0. The Labute approximate surface area is 95.0 Å². The molecule has 0 aromatic rings. The van der Waals surface area contributed by atoms with Crippen LogP contribution in [0.15, 0.2) is 0 Å². The average molecular weight is 213 g/mol. The van der Waals surface area contributed by atoms with E-state index in [9.17, 15) is 0 Å². The van der Waals surface area contributed by atoms with Gasteiger partial charge in [-0.15, -0.1) is 0 Å². The number of likely N-dealkylation sites (tertiary alicyclic amines) is 1. The van der Waals surface area contributed by atoms with Crippen molar-refractivity contribution in [2.75, 3.05) is 26.2 Å². The minimum absolute atomic E-state index is 0.0283. The van der Waals surface area contributed by atoms with Crippen molar-refractivity contribution in [1.29, 1.82) is 0 Å². The molecule has 1 saturated heterocycles. The van der Waals surface area contributed by atoms with Crippen LogP contribution in [-0.4, -0.2) is 36.7 Å². The molecule has 1 heterocycles. The highest BCUT2D eigenvalue weighted by Gasteiger charge is 2.20. The molecule has 0 saturated carbocycles. The van der Waals surface area contributed by atoms with E-state index in [1.54, 1.807) is 0 Å². The van der Waals surface area contributed by atoms with Crippen molar-refractivity contribution in [2.24, 2.45) is 5.92 Å². The Morgan fingerprint density at radius 3 is 2.27 bits per heavy atom. The molecular weight excluding hydrogens is 186 g/mol. The monoisotopic (exact) mass is 213 g/mol. The molecule has 1 aliphatic heterocycles. The molecule has 2 nitrogen and oxygen atoms in total. The van der Waals surface area contributed by atoms with Crippen molar-refractivity contribution in [3.63, 3.8) is 0 Å². The standard InChI is InChI=1S/C13H27NO/c1-5-8-14-9-6-12(7-10-14)11-15-13(2,3)4/h12H,5-11H2,1-4H3. The van der Waals surface area contributed by atoms with Gasteiger partial charge in [-0.25, -0.2) is 0 Å². The molecule has 15 heavy (non-hydrogen) atoms. The summed E-state index contributed by atoms with van der Waals surface area (Å²) in [6.07, 6.45) is 3.91. The van der Waals surface area contributed by atoms with E-state index in [0.717, 1.165) is 12.5 Å². The summed E-state index contributed by atoms with van der Waals surface area (Å²) in [5.74, 6) is 0.789. The Bertz CT molecular complexity index is 166. The van der Waals surface area contributed by atoms with Gasteiger partial charge in [-0.3, -0.25) is 0 Å². The van der Waals surface area contributed by atoms with Gasteiger partial charge in [0.25, 0.3) is 0 Å². The first-order valence-corrected chi connectivity index (χ1v) is 6.37. The lowest BCUT2D eigenvalue weighted by atomic mass is 9.97. The molecule has 0 atom stereocenters. The SMILES string of the molecule is CCCN1CCC(COC(C)(C)C)CC1. The molecule has 0 bridgehead atoms. The van der Waals surface area contributed by atoms with E-state index < -0.39 is 0 Å². The van der Waals surface area contributed by atoms with E-state index in [4.69, 9.17) is 4.74 Å². The predicted octanol–water partition coefficient (Wildman–Crippen LogP) is 2.92. The molecule has 90 valence electrons. The highest BCUT2D eigenvalue weighted by atomic mass is 16.5. The molecule has 1 rings (SSSR count). The van der Waals surface area contributed by atoms with Crippen molar-refractivity contribution in [3.8, 4) is 0 Å². The van der Waals surface area contributed by atoms with Crippen molar-refractivity contribution >= 4 is 0 Å². The number of hydrogen-bond donors (Lipinski definition) is 0. The van der Waals surface area contributed by atoms with E-state index in [1.165, 1.54) is 38.9 Å². The van der Waals surface area contributed by atoms with E-state index >= 15 is 0 Å². The van der Waals surface area contributed by atoms with Gasteiger partial charge in [0.1, 0.15) is 0 Å². The summed E-state index contributed by atoms with van der Waals surface area (Å²) in [4.78, 5) is 2.58. The zero-order valence-corrected chi connectivity index (χ0v) is 10.9. The fraction of sp³-hybridized carbons (Fsp3) is 1.00. The summed E-state index contributed by atoms with van der Waals surface area (Å²) in [7, 11) is 0. The molecule has 1 aliphatic rings. The van der Waals surface area contributed by atoms with Crippen LogP contribution >= 0.6 is 0 Å². The highest BCUT2D eigenvalue weighted by molar-refractivity contribution is 4.72. The Kier molecular flexibility index (Phi) is 5.07. The van der Waals surface area contributed by atoms with Crippen LogP contribution in [-0.2, 0) is 4.74 Å². The van der Waals surface area contributed by atoms with Crippen LogP contribution in [0.5, 0.6) is 0 Å². The molecule has 0 aromatic carbocycles. The molecule has 0 radical (unpaired) electrons. The maximum Gasteiger partial charge on any atom is 0.0598 e. The van der Waals surface area contributed by atoms with Crippen LogP contribution in [0, 0.1) is 5.92 Å². The maximum atomic E-state index is 5.85. The maximum absolute atomic E-state index is 5.85. The van der Waals surface area contributed by atoms with Gasteiger partial charge in [0.05, 0.1) is 12.2 Å². The summed E-state index contributed by atoms with van der Waals surface area (Å²) in [6, 6.07) is 0. The highest BCUT2D eigenvalue weighted by Crippen LogP contribution is 2.20. The Morgan fingerprint density at radius 1 is 1.20 bits per heavy atom. The molecule has 0 aliphatic carbocycles. The lowest BCUT2D eigenvalue weighted by Gasteiger charge is -2.33. The molecule has 0 unspecified atom stereocenters. The first kappa shape index (κ1) is 13.0. The Hall–Kier alpha value is -0.0800. The van der Waals surface area contributed by atoms with E-state index in [2.05, 4.69) is 32.6 Å². The number of ether oxygens (including phenoxy) is 1. The minimum atomic E-state index is 0.0283. The number of nitrogens with zero attached hydrogens (tertiary/aromatic N) is 1. The third kappa shape index (κ3) is 5.53. The third-order valence-electron chi connectivity index (χ3n) is 3.00. The lowest BCUT2D eigenvalue weighted by molar-refractivity contribution is -0.0324. The zero-order chi connectivity index (χ0) is 11.3. The van der Waals surface area contributed by atoms with Gasteiger partial charge in [0.15, 0.2) is 0 Å². The van der Waals surface area contributed by atoms with Gasteiger partial charge in [0.2, 0.25) is 0 Å². The second-order valence-electron chi connectivity index (χ2n) is 5.71. The Balaban J connectivity index is 2.15. The molecule has 0 N–H and O–H groups in total. The van der Waals surface area contributed by atoms with Crippen LogP contribution in [0.1, 0.15) is 47.0 Å². The molecule has 1 fully saturated rings. The van der Waals surface area contributed by atoms with Crippen molar-refractivity contribution in [2.45, 2.75) is 52.6 Å². The Morgan fingerprint density at radius 2 is 1.80 bits per heavy atom.